The predicted molar refractivity (Wildman–Crippen MR) is 75.6 cm³/mol. The minimum atomic E-state index is -2.86. The van der Waals surface area contributed by atoms with Crippen molar-refractivity contribution in [1.82, 2.24) is 10.6 Å². The van der Waals surface area contributed by atoms with Gasteiger partial charge in [-0.25, -0.2) is 0 Å². The average Bonchev–Trinajstić information content (AvgIpc) is 2.48. The van der Waals surface area contributed by atoms with Crippen LogP contribution in [0.3, 0.4) is 0 Å². The van der Waals surface area contributed by atoms with E-state index in [4.69, 9.17) is 0 Å². The molecule has 1 heterocycles. The van der Waals surface area contributed by atoms with Gasteiger partial charge in [0.25, 0.3) is 5.91 Å². The highest BCUT2D eigenvalue weighted by atomic mass is 19.3. The Morgan fingerprint density at radius 2 is 2.10 bits per heavy atom. The second kappa shape index (κ2) is 7.36. The van der Waals surface area contributed by atoms with Crippen molar-refractivity contribution in [3.05, 3.63) is 29.8 Å². The van der Waals surface area contributed by atoms with Crippen LogP contribution >= 0.6 is 0 Å². The Balaban J connectivity index is 1.90. The van der Waals surface area contributed by atoms with Crippen molar-refractivity contribution >= 4 is 5.91 Å². The summed E-state index contributed by atoms with van der Waals surface area (Å²) in [5.41, 5.74) is 0.437. The van der Waals surface area contributed by atoms with Gasteiger partial charge < -0.3 is 15.4 Å². The van der Waals surface area contributed by atoms with Crippen molar-refractivity contribution in [2.75, 3.05) is 13.1 Å². The number of piperidine rings is 1. The fourth-order valence-corrected chi connectivity index (χ4v) is 2.50. The summed E-state index contributed by atoms with van der Waals surface area (Å²) in [5, 5.41) is 6.27. The second-order valence-electron chi connectivity index (χ2n) is 5.27. The van der Waals surface area contributed by atoms with Gasteiger partial charge in [-0.3, -0.25) is 4.79 Å². The summed E-state index contributed by atoms with van der Waals surface area (Å²) < 4.78 is 28.4. The molecule has 2 N–H and O–H groups in total. The molecule has 2 rings (SSSR count). The molecular formula is C15H20F2N2O2. The first-order chi connectivity index (χ1) is 10.1. The molecule has 4 nitrogen and oxygen atoms in total. The molecule has 0 spiro atoms. The number of benzene rings is 1. The van der Waals surface area contributed by atoms with Crippen LogP contribution in [0.25, 0.3) is 0 Å². The highest BCUT2D eigenvalue weighted by molar-refractivity contribution is 5.94. The maximum atomic E-state index is 12.1. The number of hydrogen-bond donors (Lipinski definition) is 2. The molecule has 0 radical (unpaired) electrons. The van der Waals surface area contributed by atoms with Crippen LogP contribution in [0.2, 0.25) is 0 Å². The van der Waals surface area contributed by atoms with Gasteiger partial charge >= 0.3 is 6.61 Å². The molecule has 1 fully saturated rings. The lowest BCUT2D eigenvalue weighted by Crippen LogP contribution is -2.44. The van der Waals surface area contributed by atoms with Crippen LogP contribution in [0, 0.1) is 5.92 Å². The molecule has 2 unspecified atom stereocenters. The van der Waals surface area contributed by atoms with Crippen LogP contribution in [-0.4, -0.2) is 31.7 Å². The molecule has 1 aliphatic rings. The molecule has 1 aromatic rings. The number of ether oxygens (including phenoxy) is 1. The molecule has 116 valence electrons. The van der Waals surface area contributed by atoms with E-state index in [1.807, 2.05) is 6.92 Å². The lowest BCUT2D eigenvalue weighted by atomic mass is 9.92. The van der Waals surface area contributed by atoms with Crippen LogP contribution in [0.5, 0.6) is 5.75 Å². The van der Waals surface area contributed by atoms with Crippen LogP contribution < -0.4 is 15.4 Å². The summed E-state index contributed by atoms with van der Waals surface area (Å²) in [6.45, 7) is 1.07. The largest absolute Gasteiger partial charge is 0.435 e. The highest BCUT2D eigenvalue weighted by Crippen LogP contribution is 2.17. The summed E-state index contributed by atoms with van der Waals surface area (Å²) in [6, 6.07) is 5.78. The smallest absolute Gasteiger partial charge is 0.387 e. The van der Waals surface area contributed by atoms with Gasteiger partial charge in [-0.15, -0.1) is 0 Å². The van der Waals surface area contributed by atoms with Crippen LogP contribution in [0.15, 0.2) is 24.3 Å². The standard InChI is InChI=1S/C15H20F2N2O2/c1-10(12-3-2-8-18-9-12)19-14(20)11-4-6-13(7-5-11)21-15(16)17/h4-7,10,12,15,18H,2-3,8-9H2,1H3,(H,19,20). The Morgan fingerprint density at radius 1 is 1.38 bits per heavy atom. The summed E-state index contributed by atoms with van der Waals surface area (Å²) in [5.74, 6) is 0.270. The lowest BCUT2D eigenvalue weighted by Gasteiger charge is -2.28. The van der Waals surface area contributed by atoms with E-state index in [1.54, 1.807) is 0 Å². The molecule has 0 aromatic heterocycles. The Labute approximate surface area is 122 Å². The molecule has 1 amide bonds. The van der Waals surface area contributed by atoms with E-state index in [2.05, 4.69) is 15.4 Å². The van der Waals surface area contributed by atoms with E-state index in [0.717, 1.165) is 25.9 Å². The van der Waals surface area contributed by atoms with Crippen molar-refractivity contribution < 1.29 is 18.3 Å². The number of carbonyl (C=O) groups excluding carboxylic acids is 1. The predicted octanol–water partition coefficient (Wildman–Crippen LogP) is 2.41. The number of hydrogen-bond acceptors (Lipinski definition) is 3. The van der Waals surface area contributed by atoms with Gasteiger partial charge in [0.2, 0.25) is 0 Å². The number of rotatable bonds is 5. The molecule has 21 heavy (non-hydrogen) atoms. The average molecular weight is 298 g/mol. The Morgan fingerprint density at radius 3 is 2.67 bits per heavy atom. The van der Waals surface area contributed by atoms with E-state index in [0.29, 0.717) is 11.5 Å². The number of alkyl halides is 2. The first-order valence-electron chi connectivity index (χ1n) is 7.12. The Bertz CT molecular complexity index is 459. The number of carbonyl (C=O) groups is 1. The van der Waals surface area contributed by atoms with Gasteiger partial charge in [0, 0.05) is 11.6 Å². The van der Waals surface area contributed by atoms with Gasteiger partial charge in [-0.2, -0.15) is 8.78 Å². The van der Waals surface area contributed by atoms with Crippen LogP contribution in [0.1, 0.15) is 30.1 Å². The molecular weight excluding hydrogens is 278 g/mol. The Kier molecular flexibility index (Phi) is 5.50. The van der Waals surface area contributed by atoms with Gasteiger partial charge in [-0.05, 0) is 63.0 Å². The molecule has 1 saturated heterocycles. The lowest BCUT2D eigenvalue weighted by molar-refractivity contribution is -0.0498. The van der Waals surface area contributed by atoms with Crippen molar-refractivity contribution in [2.24, 2.45) is 5.92 Å². The zero-order valence-corrected chi connectivity index (χ0v) is 11.9. The van der Waals surface area contributed by atoms with E-state index in [1.165, 1.54) is 24.3 Å². The molecule has 0 bridgehead atoms. The molecule has 2 atom stereocenters. The molecule has 0 aliphatic carbocycles. The minimum absolute atomic E-state index is 0.0473. The van der Waals surface area contributed by atoms with Gasteiger partial charge in [0.15, 0.2) is 0 Å². The molecule has 1 aliphatic heterocycles. The first kappa shape index (κ1) is 15.7. The normalized spacial score (nSPS) is 20.1. The number of amides is 1. The second-order valence-corrected chi connectivity index (χ2v) is 5.27. The third-order valence-electron chi connectivity index (χ3n) is 3.74. The van der Waals surface area contributed by atoms with Crippen molar-refractivity contribution in [1.29, 1.82) is 0 Å². The van der Waals surface area contributed by atoms with E-state index >= 15 is 0 Å². The van der Waals surface area contributed by atoms with Crippen molar-refractivity contribution in [3.8, 4) is 5.75 Å². The van der Waals surface area contributed by atoms with Crippen LogP contribution in [0.4, 0.5) is 8.78 Å². The zero-order chi connectivity index (χ0) is 15.2. The number of nitrogens with one attached hydrogen (secondary N) is 2. The monoisotopic (exact) mass is 298 g/mol. The van der Waals surface area contributed by atoms with Gasteiger partial charge in [-0.1, -0.05) is 0 Å². The van der Waals surface area contributed by atoms with Gasteiger partial charge in [0.05, 0.1) is 0 Å². The quantitative estimate of drug-likeness (QED) is 0.877. The fourth-order valence-electron chi connectivity index (χ4n) is 2.50. The number of halogens is 2. The third kappa shape index (κ3) is 4.67. The van der Waals surface area contributed by atoms with E-state index in [-0.39, 0.29) is 17.7 Å². The molecule has 1 aromatic carbocycles. The SMILES string of the molecule is CC(NC(=O)c1ccc(OC(F)F)cc1)C1CCCNC1. The molecule has 6 heteroatoms. The maximum absolute atomic E-state index is 12.1. The van der Waals surface area contributed by atoms with Crippen molar-refractivity contribution in [2.45, 2.75) is 32.4 Å². The highest BCUT2D eigenvalue weighted by Gasteiger charge is 2.21. The summed E-state index contributed by atoms with van der Waals surface area (Å²) in [6.07, 6.45) is 2.21. The zero-order valence-electron chi connectivity index (χ0n) is 11.9. The van der Waals surface area contributed by atoms with Gasteiger partial charge in [0.1, 0.15) is 5.75 Å². The molecule has 0 saturated carbocycles. The summed E-state index contributed by atoms with van der Waals surface area (Å²) in [7, 11) is 0. The Hall–Kier alpha value is -1.69. The third-order valence-corrected chi connectivity index (χ3v) is 3.74. The maximum Gasteiger partial charge on any atom is 0.387 e. The van der Waals surface area contributed by atoms with Crippen LogP contribution in [-0.2, 0) is 0 Å². The topological polar surface area (TPSA) is 50.4 Å². The summed E-state index contributed by atoms with van der Waals surface area (Å²) >= 11 is 0. The summed E-state index contributed by atoms with van der Waals surface area (Å²) in [4.78, 5) is 12.1. The first-order valence-corrected chi connectivity index (χ1v) is 7.12. The minimum Gasteiger partial charge on any atom is -0.435 e. The van der Waals surface area contributed by atoms with E-state index in [9.17, 15) is 13.6 Å². The van der Waals surface area contributed by atoms with Crippen molar-refractivity contribution in [3.63, 3.8) is 0 Å². The van der Waals surface area contributed by atoms with E-state index < -0.39 is 6.61 Å². The fraction of sp³-hybridized carbons (Fsp3) is 0.533.